The first-order chi connectivity index (χ1) is 8.11. The standard InChI is InChI=1S/C11H19N3O2S/c1-3-4-5-9-14-17(15,16)11-10(12-2)7-6-8-13-11/h6-8,12,14H,3-5,9H2,1-2H3. The maximum absolute atomic E-state index is 12.0. The predicted octanol–water partition coefficient (Wildman–Crippen LogP) is 1.59. The third-order valence-corrected chi connectivity index (χ3v) is 3.79. The van der Waals surface area contributed by atoms with Crippen molar-refractivity contribution in [1.82, 2.24) is 9.71 Å². The predicted molar refractivity (Wildman–Crippen MR) is 68.5 cm³/mol. The Balaban J connectivity index is 2.75. The number of anilines is 1. The summed E-state index contributed by atoms with van der Waals surface area (Å²) in [6.07, 6.45) is 4.40. The van der Waals surface area contributed by atoms with Crippen LogP contribution in [0.15, 0.2) is 23.4 Å². The van der Waals surface area contributed by atoms with E-state index in [2.05, 4.69) is 21.9 Å². The molecule has 0 fully saturated rings. The van der Waals surface area contributed by atoms with E-state index in [4.69, 9.17) is 0 Å². The first kappa shape index (κ1) is 13.9. The van der Waals surface area contributed by atoms with Gasteiger partial charge in [-0.15, -0.1) is 0 Å². The Morgan fingerprint density at radius 2 is 2.12 bits per heavy atom. The molecule has 0 aliphatic rings. The van der Waals surface area contributed by atoms with Crippen molar-refractivity contribution in [2.24, 2.45) is 0 Å². The highest BCUT2D eigenvalue weighted by molar-refractivity contribution is 7.89. The number of sulfonamides is 1. The van der Waals surface area contributed by atoms with E-state index in [-0.39, 0.29) is 5.03 Å². The van der Waals surface area contributed by atoms with Gasteiger partial charge in [-0.2, -0.15) is 0 Å². The number of hydrogen-bond acceptors (Lipinski definition) is 4. The summed E-state index contributed by atoms with van der Waals surface area (Å²) >= 11 is 0. The molecule has 0 saturated heterocycles. The van der Waals surface area contributed by atoms with E-state index in [1.54, 1.807) is 19.2 Å². The lowest BCUT2D eigenvalue weighted by Gasteiger charge is -2.09. The first-order valence-electron chi connectivity index (χ1n) is 5.74. The lowest BCUT2D eigenvalue weighted by Crippen LogP contribution is -2.26. The van der Waals surface area contributed by atoms with Crippen molar-refractivity contribution in [3.05, 3.63) is 18.3 Å². The third kappa shape index (κ3) is 3.98. The van der Waals surface area contributed by atoms with Gasteiger partial charge in [-0.05, 0) is 18.6 Å². The highest BCUT2D eigenvalue weighted by Crippen LogP contribution is 2.16. The van der Waals surface area contributed by atoms with Crippen molar-refractivity contribution in [2.75, 3.05) is 18.9 Å². The van der Waals surface area contributed by atoms with Crippen LogP contribution in [0.5, 0.6) is 0 Å². The molecule has 1 aromatic rings. The molecule has 0 aromatic carbocycles. The van der Waals surface area contributed by atoms with Crippen LogP contribution in [0, 0.1) is 0 Å². The molecule has 0 radical (unpaired) electrons. The fourth-order valence-electron chi connectivity index (χ4n) is 1.45. The van der Waals surface area contributed by atoms with Crippen LogP contribution >= 0.6 is 0 Å². The largest absolute Gasteiger partial charge is 0.386 e. The van der Waals surface area contributed by atoms with Crippen molar-refractivity contribution >= 4 is 15.7 Å². The second-order valence-electron chi connectivity index (χ2n) is 3.71. The summed E-state index contributed by atoms with van der Waals surface area (Å²) in [5.74, 6) is 0. The van der Waals surface area contributed by atoms with Crippen LogP contribution in [0.3, 0.4) is 0 Å². The van der Waals surface area contributed by atoms with Gasteiger partial charge in [0, 0.05) is 19.8 Å². The molecular formula is C11H19N3O2S. The summed E-state index contributed by atoms with van der Waals surface area (Å²) < 4.78 is 26.5. The third-order valence-electron chi connectivity index (χ3n) is 2.37. The van der Waals surface area contributed by atoms with Crippen LogP contribution < -0.4 is 10.0 Å². The molecule has 1 rings (SSSR count). The molecule has 96 valence electrons. The van der Waals surface area contributed by atoms with Crippen LogP contribution in [0.25, 0.3) is 0 Å². The van der Waals surface area contributed by atoms with Gasteiger partial charge >= 0.3 is 0 Å². The molecule has 0 saturated carbocycles. The molecule has 6 heteroatoms. The zero-order valence-electron chi connectivity index (χ0n) is 10.2. The van der Waals surface area contributed by atoms with Crippen molar-refractivity contribution < 1.29 is 8.42 Å². The Morgan fingerprint density at radius 3 is 2.76 bits per heavy atom. The molecular weight excluding hydrogens is 238 g/mol. The Morgan fingerprint density at radius 1 is 1.35 bits per heavy atom. The molecule has 0 spiro atoms. The van der Waals surface area contributed by atoms with Crippen molar-refractivity contribution in [3.63, 3.8) is 0 Å². The summed E-state index contributed by atoms with van der Waals surface area (Å²) in [7, 11) is -1.83. The minimum atomic E-state index is -3.51. The number of aromatic nitrogens is 1. The number of unbranched alkanes of at least 4 members (excludes halogenated alkanes) is 2. The van der Waals surface area contributed by atoms with Crippen LogP contribution in [-0.2, 0) is 10.0 Å². The fraction of sp³-hybridized carbons (Fsp3) is 0.545. The zero-order valence-corrected chi connectivity index (χ0v) is 11.0. The van der Waals surface area contributed by atoms with Gasteiger partial charge in [0.2, 0.25) is 0 Å². The first-order valence-corrected chi connectivity index (χ1v) is 7.22. The SMILES string of the molecule is CCCCCNS(=O)(=O)c1ncccc1NC. The van der Waals surface area contributed by atoms with Gasteiger partial charge in [-0.25, -0.2) is 18.1 Å². The molecule has 0 aliphatic heterocycles. The normalized spacial score (nSPS) is 11.4. The lowest BCUT2D eigenvalue weighted by atomic mass is 10.3. The van der Waals surface area contributed by atoms with E-state index in [9.17, 15) is 8.42 Å². The van der Waals surface area contributed by atoms with Crippen LogP contribution in [0.1, 0.15) is 26.2 Å². The van der Waals surface area contributed by atoms with Crippen molar-refractivity contribution in [3.8, 4) is 0 Å². The lowest BCUT2D eigenvalue weighted by molar-refractivity contribution is 0.572. The van der Waals surface area contributed by atoms with E-state index >= 15 is 0 Å². The van der Waals surface area contributed by atoms with Crippen LogP contribution in [0.2, 0.25) is 0 Å². The van der Waals surface area contributed by atoms with E-state index in [0.717, 1.165) is 19.3 Å². The molecule has 0 aliphatic carbocycles. The van der Waals surface area contributed by atoms with E-state index < -0.39 is 10.0 Å². The highest BCUT2D eigenvalue weighted by atomic mass is 32.2. The quantitative estimate of drug-likeness (QED) is 0.728. The van der Waals surface area contributed by atoms with E-state index in [0.29, 0.717) is 12.2 Å². The molecule has 0 bridgehead atoms. The van der Waals surface area contributed by atoms with Gasteiger partial charge in [0.15, 0.2) is 5.03 Å². The van der Waals surface area contributed by atoms with Crippen molar-refractivity contribution in [2.45, 2.75) is 31.2 Å². The number of nitrogens with one attached hydrogen (secondary N) is 2. The summed E-state index contributed by atoms with van der Waals surface area (Å²) in [4.78, 5) is 3.91. The van der Waals surface area contributed by atoms with Crippen molar-refractivity contribution in [1.29, 1.82) is 0 Å². The monoisotopic (exact) mass is 257 g/mol. The number of rotatable bonds is 7. The molecule has 1 aromatic heterocycles. The average Bonchev–Trinajstić information content (AvgIpc) is 2.34. The van der Waals surface area contributed by atoms with Gasteiger partial charge in [0.05, 0.1) is 5.69 Å². The summed E-state index contributed by atoms with van der Waals surface area (Å²) in [5, 5.41) is 2.88. The van der Waals surface area contributed by atoms with E-state index in [1.807, 2.05) is 0 Å². The van der Waals surface area contributed by atoms with Gasteiger partial charge in [-0.1, -0.05) is 19.8 Å². The van der Waals surface area contributed by atoms with Crippen LogP contribution in [0.4, 0.5) is 5.69 Å². The number of pyridine rings is 1. The van der Waals surface area contributed by atoms with Gasteiger partial charge in [-0.3, -0.25) is 0 Å². The van der Waals surface area contributed by atoms with Gasteiger partial charge in [0.25, 0.3) is 10.0 Å². The Labute approximate surface area is 103 Å². The topological polar surface area (TPSA) is 71.1 Å². The maximum Gasteiger partial charge on any atom is 0.260 e. The Kier molecular flexibility index (Phi) is 5.37. The average molecular weight is 257 g/mol. The highest BCUT2D eigenvalue weighted by Gasteiger charge is 2.18. The fourth-order valence-corrected chi connectivity index (χ4v) is 2.65. The maximum atomic E-state index is 12.0. The summed E-state index contributed by atoms with van der Waals surface area (Å²) in [6, 6.07) is 3.38. The molecule has 1 heterocycles. The molecule has 0 amide bonds. The Bertz CT molecular complexity index is 446. The van der Waals surface area contributed by atoms with Gasteiger partial charge in [0.1, 0.15) is 0 Å². The second-order valence-corrected chi connectivity index (χ2v) is 5.39. The second kappa shape index (κ2) is 6.56. The molecule has 5 nitrogen and oxygen atoms in total. The summed E-state index contributed by atoms with van der Waals surface area (Å²) in [6.45, 7) is 2.53. The molecule has 0 unspecified atom stereocenters. The van der Waals surface area contributed by atoms with Gasteiger partial charge < -0.3 is 5.32 Å². The Hall–Kier alpha value is -1.14. The minimum absolute atomic E-state index is 0.0546. The van der Waals surface area contributed by atoms with Crippen LogP contribution in [-0.4, -0.2) is 27.0 Å². The number of nitrogens with zero attached hydrogens (tertiary/aromatic N) is 1. The minimum Gasteiger partial charge on any atom is -0.386 e. The molecule has 17 heavy (non-hydrogen) atoms. The zero-order chi connectivity index (χ0) is 12.7. The smallest absolute Gasteiger partial charge is 0.260 e. The number of hydrogen-bond donors (Lipinski definition) is 2. The van der Waals surface area contributed by atoms with E-state index in [1.165, 1.54) is 6.20 Å². The molecule has 0 atom stereocenters. The molecule has 2 N–H and O–H groups in total. The summed E-state index contributed by atoms with van der Waals surface area (Å²) in [5.41, 5.74) is 0.510.